The number of aromatic nitrogens is 1. The number of nitrogens with one attached hydrogen (secondary N) is 2. The van der Waals surface area contributed by atoms with Gasteiger partial charge in [0.05, 0.1) is 22.0 Å². The molecule has 1 aromatic heterocycles. The van der Waals surface area contributed by atoms with Crippen LogP contribution in [0, 0.1) is 11.6 Å². The number of amides is 1. The maximum absolute atomic E-state index is 15.2. The molecule has 35 heavy (non-hydrogen) atoms. The van der Waals surface area contributed by atoms with Gasteiger partial charge in [-0.25, -0.2) is 13.8 Å². The van der Waals surface area contributed by atoms with Crippen molar-refractivity contribution in [1.29, 1.82) is 0 Å². The first-order chi connectivity index (χ1) is 16.5. The van der Waals surface area contributed by atoms with Crippen LogP contribution in [0.15, 0.2) is 42.5 Å². The van der Waals surface area contributed by atoms with E-state index in [4.69, 9.17) is 16.3 Å². The number of para-hydroxylation sites is 1. The second-order valence-corrected chi connectivity index (χ2v) is 8.32. The van der Waals surface area contributed by atoms with Gasteiger partial charge in [-0.2, -0.15) is 13.2 Å². The minimum Gasteiger partial charge on any atom is -0.480 e. The lowest BCUT2D eigenvalue weighted by Crippen LogP contribution is -2.32. The molecule has 11 heteroatoms. The molecule has 0 saturated carbocycles. The molecular formula is C24H19ClF5N3O2. The molecule has 0 bridgehead atoms. The molecule has 0 spiro atoms. The number of anilines is 2. The molecule has 0 radical (unpaired) electrons. The Kier molecular flexibility index (Phi) is 6.84. The first-order valence-corrected chi connectivity index (χ1v) is 11.0. The fraction of sp³-hybridized carbons (Fsp3) is 0.250. The number of fused-ring (bicyclic) bond motifs is 1. The van der Waals surface area contributed by atoms with Crippen molar-refractivity contribution in [2.75, 3.05) is 17.2 Å². The van der Waals surface area contributed by atoms with E-state index in [1.165, 1.54) is 12.1 Å². The van der Waals surface area contributed by atoms with Crippen LogP contribution in [-0.4, -0.2) is 29.7 Å². The Hall–Kier alpha value is -3.40. The van der Waals surface area contributed by atoms with Gasteiger partial charge >= 0.3 is 6.18 Å². The molecule has 1 unspecified atom stereocenters. The highest BCUT2D eigenvalue weighted by atomic mass is 35.5. The smallest absolute Gasteiger partial charge is 0.425 e. The van der Waals surface area contributed by atoms with E-state index >= 15 is 4.39 Å². The summed E-state index contributed by atoms with van der Waals surface area (Å²) >= 11 is 5.92. The van der Waals surface area contributed by atoms with Gasteiger partial charge in [0.15, 0.2) is 6.10 Å². The number of halogens is 6. The Bertz CT molecular complexity index is 1260. The molecular weight excluding hydrogens is 493 g/mol. The highest BCUT2D eigenvalue weighted by Crippen LogP contribution is 2.35. The van der Waals surface area contributed by atoms with E-state index < -0.39 is 46.8 Å². The van der Waals surface area contributed by atoms with Crippen molar-refractivity contribution in [3.63, 3.8) is 0 Å². The minimum absolute atomic E-state index is 0.143. The number of nitrogens with zero attached hydrogens (tertiary/aromatic N) is 1. The number of alkyl halides is 3. The molecule has 3 aromatic rings. The lowest BCUT2D eigenvalue weighted by atomic mass is 10.0. The van der Waals surface area contributed by atoms with Gasteiger partial charge in [-0.05, 0) is 55.7 Å². The minimum atomic E-state index is -4.76. The fourth-order valence-corrected chi connectivity index (χ4v) is 3.77. The summed E-state index contributed by atoms with van der Waals surface area (Å²) in [5, 5.41) is 5.13. The summed E-state index contributed by atoms with van der Waals surface area (Å²) in [6.45, 7) is 1.43. The van der Waals surface area contributed by atoms with Gasteiger partial charge in [0, 0.05) is 12.1 Å². The molecule has 2 heterocycles. The Balaban J connectivity index is 1.77. The van der Waals surface area contributed by atoms with Crippen LogP contribution in [0.4, 0.5) is 33.5 Å². The van der Waals surface area contributed by atoms with Crippen molar-refractivity contribution < 1.29 is 31.5 Å². The third kappa shape index (κ3) is 5.32. The fourth-order valence-electron chi connectivity index (χ4n) is 3.56. The summed E-state index contributed by atoms with van der Waals surface area (Å²) < 4.78 is 74.0. The SMILES string of the molecule is CC(Oc1cc(-c2ccc3c(n2)NCCC3)c(F)cc1C(=O)Nc1c(F)cccc1Cl)C(F)(F)F. The van der Waals surface area contributed by atoms with Gasteiger partial charge in [0.2, 0.25) is 0 Å². The molecule has 1 atom stereocenters. The van der Waals surface area contributed by atoms with Crippen LogP contribution in [0.3, 0.4) is 0 Å². The zero-order chi connectivity index (χ0) is 25.3. The first-order valence-electron chi connectivity index (χ1n) is 10.6. The number of aryl methyl sites for hydroxylation is 1. The average Bonchev–Trinajstić information content (AvgIpc) is 2.81. The van der Waals surface area contributed by atoms with Crippen LogP contribution in [0.25, 0.3) is 11.3 Å². The molecule has 1 aliphatic rings. The van der Waals surface area contributed by atoms with Crippen molar-refractivity contribution in [3.05, 3.63) is 70.2 Å². The molecule has 5 nitrogen and oxygen atoms in total. The zero-order valence-electron chi connectivity index (χ0n) is 18.3. The van der Waals surface area contributed by atoms with E-state index in [9.17, 15) is 22.4 Å². The highest BCUT2D eigenvalue weighted by Gasteiger charge is 2.39. The summed E-state index contributed by atoms with van der Waals surface area (Å²) in [7, 11) is 0. The molecule has 0 fully saturated rings. The Morgan fingerprint density at radius 2 is 1.94 bits per heavy atom. The topological polar surface area (TPSA) is 63.2 Å². The van der Waals surface area contributed by atoms with Gasteiger partial charge < -0.3 is 15.4 Å². The van der Waals surface area contributed by atoms with E-state index in [1.807, 2.05) is 0 Å². The average molecular weight is 512 g/mol. The van der Waals surface area contributed by atoms with E-state index in [0.29, 0.717) is 12.4 Å². The number of pyridine rings is 1. The molecule has 1 amide bonds. The van der Waals surface area contributed by atoms with Crippen molar-refractivity contribution in [2.24, 2.45) is 0 Å². The molecule has 1 aliphatic heterocycles. The first kappa shape index (κ1) is 24.7. The lowest BCUT2D eigenvalue weighted by Gasteiger charge is -2.21. The van der Waals surface area contributed by atoms with Crippen molar-refractivity contribution >= 4 is 29.0 Å². The second kappa shape index (κ2) is 9.69. The van der Waals surface area contributed by atoms with Gasteiger partial charge in [-0.3, -0.25) is 4.79 Å². The monoisotopic (exact) mass is 511 g/mol. The van der Waals surface area contributed by atoms with Gasteiger partial charge in [-0.1, -0.05) is 23.7 Å². The van der Waals surface area contributed by atoms with E-state index in [0.717, 1.165) is 43.5 Å². The largest absolute Gasteiger partial charge is 0.480 e. The molecule has 0 saturated heterocycles. The van der Waals surface area contributed by atoms with E-state index in [1.54, 1.807) is 12.1 Å². The zero-order valence-corrected chi connectivity index (χ0v) is 19.0. The van der Waals surface area contributed by atoms with Crippen molar-refractivity contribution in [1.82, 2.24) is 4.98 Å². The van der Waals surface area contributed by atoms with Crippen LogP contribution < -0.4 is 15.4 Å². The number of hydrogen-bond donors (Lipinski definition) is 2. The second-order valence-electron chi connectivity index (χ2n) is 7.92. The summed E-state index contributed by atoms with van der Waals surface area (Å²) in [4.78, 5) is 17.3. The molecule has 184 valence electrons. The normalized spacial score (nSPS) is 14.0. The maximum Gasteiger partial charge on any atom is 0.425 e. The number of carbonyl (C=O) groups excluding carboxylic acids is 1. The van der Waals surface area contributed by atoms with Crippen LogP contribution in [-0.2, 0) is 6.42 Å². The van der Waals surface area contributed by atoms with Gasteiger partial charge in [0.25, 0.3) is 5.91 Å². The number of benzene rings is 2. The van der Waals surface area contributed by atoms with Crippen LogP contribution in [0.1, 0.15) is 29.3 Å². The molecule has 2 aromatic carbocycles. The lowest BCUT2D eigenvalue weighted by molar-refractivity contribution is -0.189. The van der Waals surface area contributed by atoms with E-state index in [-0.39, 0.29) is 16.3 Å². The summed E-state index contributed by atoms with van der Waals surface area (Å²) in [5.74, 6) is -2.91. The quantitative estimate of drug-likeness (QED) is 0.378. The Labute approximate surface area is 202 Å². The number of hydrogen-bond acceptors (Lipinski definition) is 4. The van der Waals surface area contributed by atoms with Crippen molar-refractivity contribution in [3.8, 4) is 17.0 Å². The Morgan fingerprint density at radius 1 is 1.17 bits per heavy atom. The van der Waals surface area contributed by atoms with Gasteiger partial charge in [0.1, 0.15) is 23.2 Å². The third-order valence-electron chi connectivity index (χ3n) is 5.45. The van der Waals surface area contributed by atoms with Crippen LogP contribution in [0.2, 0.25) is 5.02 Å². The van der Waals surface area contributed by atoms with Gasteiger partial charge in [-0.15, -0.1) is 0 Å². The highest BCUT2D eigenvalue weighted by molar-refractivity contribution is 6.34. The molecule has 0 aliphatic carbocycles. The number of ether oxygens (including phenoxy) is 1. The van der Waals surface area contributed by atoms with Crippen molar-refractivity contribution in [2.45, 2.75) is 32.0 Å². The van der Waals surface area contributed by atoms with Crippen LogP contribution in [0.5, 0.6) is 5.75 Å². The number of carbonyl (C=O) groups is 1. The Morgan fingerprint density at radius 3 is 2.66 bits per heavy atom. The summed E-state index contributed by atoms with van der Waals surface area (Å²) in [6, 6.07) is 8.65. The third-order valence-corrected chi connectivity index (χ3v) is 5.76. The summed E-state index contributed by atoms with van der Waals surface area (Å²) in [6.07, 6.45) is -5.38. The predicted molar refractivity (Wildman–Crippen MR) is 122 cm³/mol. The predicted octanol–water partition coefficient (Wildman–Crippen LogP) is 6.62. The van der Waals surface area contributed by atoms with Crippen LogP contribution >= 0.6 is 11.6 Å². The molecule has 4 rings (SSSR count). The maximum atomic E-state index is 15.2. The number of rotatable bonds is 5. The standard InChI is InChI=1S/C24H19ClF5N3O2/c1-12(24(28,29)30)35-20-11-14(19-8-7-13-4-3-9-31-22(13)32-19)18(27)10-15(20)23(34)33-21-16(25)5-2-6-17(21)26/h2,5-8,10-12H,3-4,9H2,1H3,(H,31,32)(H,33,34). The van der Waals surface area contributed by atoms with E-state index in [2.05, 4.69) is 15.6 Å². The molecule has 2 N–H and O–H groups in total. The summed E-state index contributed by atoms with van der Waals surface area (Å²) in [5.41, 5.74) is -0.0618.